The first-order chi connectivity index (χ1) is 15.6. The van der Waals surface area contributed by atoms with E-state index in [9.17, 15) is 9.59 Å². The quantitative estimate of drug-likeness (QED) is 0.599. The zero-order valence-corrected chi connectivity index (χ0v) is 18.2. The lowest BCUT2D eigenvalue weighted by Crippen LogP contribution is -2.32. The monoisotopic (exact) mass is 433 g/mol. The predicted molar refractivity (Wildman–Crippen MR) is 122 cm³/mol. The van der Waals surface area contributed by atoms with E-state index in [1.54, 1.807) is 12.1 Å². The van der Waals surface area contributed by atoms with E-state index in [0.29, 0.717) is 11.5 Å². The Kier molecular flexibility index (Phi) is 5.66. The highest BCUT2D eigenvalue weighted by molar-refractivity contribution is 5.93. The molecule has 1 fully saturated rings. The number of ether oxygens (including phenoxy) is 2. The molecule has 2 atom stereocenters. The maximum Gasteiger partial charge on any atom is 0.337 e. The Bertz CT molecular complexity index is 1240. The number of pyridine rings is 1. The number of carbonyl (C=O) groups is 1. The molecule has 3 heterocycles. The van der Waals surface area contributed by atoms with Crippen molar-refractivity contribution in [2.45, 2.75) is 44.8 Å². The second kappa shape index (κ2) is 8.74. The van der Waals surface area contributed by atoms with Gasteiger partial charge in [0, 0.05) is 24.8 Å². The van der Waals surface area contributed by atoms with Crippen molar-refractivity contribution in [3.63, 3.8) is 0 Å². The molecule has 7 heteroatoms. The summed E-state index contributed by atoms with van der Waals surface area (Å²) in [4.78, 5) is 31.5. The van der Waals surface area contributed by atoms with Crippen molar-refractivity contribution < 1.29 is 14.3 Å². The number of esters is 1. The molecule has 1 unspecified atom stereocenters. The van der Waals surface area contributed by atoms with Crippen LogP contribution < -0.4 is 5.56 Å². The largest absolute Gasteiger partial charge is 0.465 e. The van der Waals surface area contributed by atoms with E-state index in [1.165, 1.54) is 18.7 Å². The summed E-state index contributed by atoms with van der Waals surface area (Å²) >= 11 is 0. The molecule has 0 bridgehead atoms. The standard InChI is InChI=1S/C25H27N3O4/c1-31-25(30)18-9-10-21-22(14-18)28(15-19-11-12-32-19)23(26-21)13-16-5-7-17(8-6-16)20-3-2-4-24(29)27-20/h2-4,7,9-10,14,16,19H,5-6,8,11-13,15H2,1H3,(H,27,29)/t16?,19-/m0/s1. The van der Waals surface area contributed by atoms with Gasteiger partial charge in [-0.3, -0.25) is 4.79 Å². The number of imidazole rings is 1. The minimum Gasteiger partial charge on any atom is -0.465 e. The predicted octanol–water partition coefficient (Wildman–Crippen LogP) is 3.73. The van der Waals surface area contributed by atoms with E-state index in [1.807, 2.05) is 18.2 Å². The average molecular weight is 434 g/mol. The molecular formula is C25H27N3O4. The summed E-state index contributed by atoms with van der Waals surface area (Å²) in [6.07, 6.45) is 7.27. The molecule has 0 radical (unpaired) electrons. The summed E-state index contributed by atoms with van der Waals surface area (Å²) in [5.41, 5.74) is 4.43. The molecule has 2 aromatic heterocycles. The van der Waals surface area contributed by atoms with Gasteiger partial charge < -0.3 is 19.0 Å². The minimum absolute atomic E-state index is 0.0659. The van der Waals surface area contributed by atoms with Gasteiger partial charge in [0.2, 0.25) is 5.56 Å². The van der Waals surface area contributed by atoms with Gasteiger partial charge in [-0.1, -0.05) is 12.1 Å². The molecule has 1 N–H and O–H groups in total. The molecule has 5 rings (SSSR count). The molecule has 1 saturated heterocycles. The second-order valence-electron chi connectivity index (χ2n) is 8.62. The van der Waals surface area contributed by atoms with Crippen LogP contribution in [0.25, 0.3) is 16.6 Å². The number of fused-ring (bicyclic) bond motifs is 1. The fraction of sp³-hybridized carbons (Fsp3) is 0.400. The number of hydrogen-bond donors (Lipinski definition) is 1. The van der Waals surface area contributed by atoms with Crippen molar-refractivity contribution in [3.8, 4) is 0 Å². The van der Waals surface area contributed by atoms with Gasteiger partial charge in [0.25, 0.3) is 0 Å². The molecule has 2 aliphatic rings. The highest BCUT2D eigenvalue weighted by Crippen LogP contribution is 2.32. The number of H-pyrrole nitrogens is 1. The zero-order valence-electron chi connectivity index (χ0n) is 18.2. The van der Waals surface area contributed by atoms with Crippen LogP contribution in [0.2, 0.25) is 0 Å². The normalized spacial score (nSPS) is 20.6. The molecule has 3 aromatic rings. The van der Waals surface area contributed by atoms with Crippen LogP contribution in [0.4, 0.5) is 0 Å². The van der Waals surface area contributed by atoms with Crippen LogP contribution in [0.15, 0.2) is 47.3 Å². The smallest absolute Gasteiger partial charge is 0.337 e. The number of nitrogens with one attached hydrogen (secondary N) is 1. The van der Waals surface area contributed by atoms with Gasteiger partial charge in [-0.15, -0.1) is 0 Å². The summed E-state index contributed by atoms with van der Waals surface area (Å²) in [6.45, 7) is 1.55. The third kappa shape index (κ3) is 4.12. The first kappa shape index (κ1) is 20.7. The van der Waals surface area contributed by atoms with Gasteiger partial charge in [0.15, 0.2) is 0 Å². The number of allylic oxidation sites excluding steroid dienone is 2. The Morgan fingerprint density at radius 1 is 1.28 bits per heavy atom. The summed E-state index contributed by atoms with van der Waals surface area (Å²) in [5.74, 6) is 1.17. The summed E-state index contributed by atoms with van der Waals surface area (Å²) in [5, 5.41) is 0. The number of hydrogen-bond acceptors (Lipinski definition) is 5. The van der Waals surface area contributed by atoms with Gasteiger partial charge in [-0.25, -0.2) is 9.78 Å². The molecule has 1 aliphatic carbocycles. The fourth-order valence-electron chi connectivity index (χ4n) is 4.62. The number of aromatic amines is 1. The zero-order chi connectivity index (χ0) is 22.1. The topological polar surface area (TPSA) is 86.2 Å². The fourth-order valence-corrected chi connectivity index (χ4v) is 4.62. The van der Waals surface area contributed by atoms with Gasteiger partial charge in [0.05, 0.1) is 36.4 Å². The van der Waals surface area contributed by atoms with E-state index in [0.717, 1.165) is 67.8 Å². The molecule has 1 aliphatic heterocycles. The molecule has 0 spiro atoms. The number of methoxy groups -OCH3 is 1. The first-order valence-corrected chi connectivity index (χ1v) is 11.2. The van der Waals surface area contributed by atoms with Crippen LogP contribution in [-0.2, 0) is 22.4 Å². The maximum absolute atomic E-state index is 12.0. The highest BCUT2D eigenvalue weighted by Gasteiger charge is 2.24. The average Bonchev–Trinajstić information content (AvgIpc) is 3.12. The summed E-state index contributed by atoms with van der Waals surface area (Å²) < 4.78 is 12.8. The maximum atomic E-state index is 12.0. The third-order valence-electron chi connectivity index (χ3n) is 6.53. The Morgan fingerprint density at radius 3 is 2.84 bits per heavy atom. The van der Waals surface area contributed by atoms with Crippen molar-refractivity contribution in [3.05, 3.63) is 69.9 Å². The Morgan fingerprint density at radius 2 is 2.16 bits per heavy atom. The van der Waals surface area contributed by atoms with Crippen LogP contribution in [-0.4, -0.2) is 40.3 Å². The van der Waals surface area contributed by atoms with Crippen molar-refractivity contribution in [1.29, 1.82) is 0 Å². The van der Waals surface area contributed by atoms with Crippen LogP contribution >= 0.6 is 0 Å². The van der Waals surface area contributed by atoms with Gasteiger partial charge >= 0.3 is 5.97 Å². The molecule has 0 saturated carbocycles. The summed E-state index contributed by atoms with van der Waals surface area (Å²) in [7, 11) is 1.40. The van der Waals surface area contributed by atoms with E-state index in [4.69, 9.17) is 14.5 Å². The first-order valence-electron chi connectivity index (χ1n) is 11.2. The number of benzene rings is 1. The third-order valence-corrected chi connectivity index (χ3v) is 6.53. The van der Waals surface area contributed by atoms with Crippen LogP contribution in [0, 0.1) is 5.92 Å². The molecule has 166 valence electrons. The van der Waals surface area contributed by atoms with Crippen molar-refractivity contribution in [1.82, 2.24) is 14.5 Å². The van der Waals surface area contributed by atoms with Gasteiger partial charge in [0.1, 0.15) is 5.82 Å². The number of aromatic nitrogens is 3. The van der Waals surface area contributed by atoms with Crippen molar-refractivity contribution in [2.24, 2.45) is 5.92 Å². The van der Waals surface area contributed by atoms with Gasteiger partial charge in [-0.05, 0) is 61.4 Å². The Balaban J connectivity index is 1.40. The van der Waals surface area contributed by atoms with E-state index < -0.39 is 0 Å². The Labute approximate surface area is 186 Å². The lowest BCUT2D eigenvalue weighted by atomic mass is 9.86. The van der Waals surface area contributed by atoms with Crippen molar-refractivity contribution in [2.75, 3.05) is 13.7 Å². The molecule has 32 heavy (non-hydrogen) atoms. The molecule has 1 aromatic carbocycles. The second-order valence-corrected chi connectivity index (χ2v) is 8.62. The number of carbonyl (C=O) groups excluding carboxylic acids is 1. The van der Waals surface area contributed by atoms with E-state index in [-0.39, 0.29) is 17.6 Å². The molecular weight excluding hydrogens is 406 g/mol. The Hall–Kier alpha value is -3.19. The van der Waals surface area contributed by atoms with E-state index in [2.05, 4.69) is 15.6 Å². The van der Waals surface area contributed by atoms with Crippen molar-refractivity contribution >= 4 is 22.6 Å². The summed E-state index contributed by atoms with van der Waals surface area (Å²) in [6, 6.07) is 10.8. The lowest BCUT2D eigenvalue weighted by molar-refractivity contribution is -0.0590. The van der Waals surface area contributed by atoms with Crippen LogP contribution in [0.5, 0.6) is 0 Å². The minimum atomic E-state index is -0.343. The van der Waals surface area contributed by atoms with E-state index >= 15 is 0 Å². The molecule has 0 amide bonds. The highest BCUT2D eigenvalue weighted by atomic mass is 16.5. The van der Waals surface area contributed by atoms with Crippen LogP contribution in [0.3, 0.4) is 0 Å². The van der Waals surface area contributed by atoms with Crippen LogP contribution in [0.1, 0.15) is 47.6 Å². The number of nitrogens with zero attached hydrogens (tertiary/aromatic N) is 2. The molecule has 7 nitrogen and oxygen atoms in total. The SMILES string of the molecule is COC(=O)c1ccc2nc(CC3CC=C(c4cccc(=O)[nH]4)CC3)n(C[C@@H]3CCO3)c2c1. The van der Waals surface area contributed by atoms with Gasteiger partial charge in [-0.2, -0.15) is 0 Å². The number of rotatable bonds is 6. The lowest BCUT2D eigenvalue weighted by Gasteiger charge is -2.28.